The third kappa shape index (κ3) is 5.41. The molecule has 0 aliphatic heterocycles. The van der Waals surface area contributed by atoms with E-state index in [1.165, 1.54) is 17.3 Å². The van der Waals surface area contributed by atoms with E-state index in [1.807, 2.05) is 32.0 Å². The molecule has 0 spiro atoms. The van der Waals surface area contributed by atoms with E-state index in [0.717, 1.165) is 11.1 Å². The highest BCUT2D eigenvalue weighted by atomic mass is 16.5. The molecule has 2 amide bonds. The average Bonchev–Trinajstić information content (AvgIpc) is 3.23. The second-order valence-corrected chi connectivity index (χ2v) is 6.72. The van der Waals surface area contributed by atoms with Crippen LogP contribution in [0.15, 0.2) is 55.1 Å². The number of rotatable bonds is 7. The van der Waals surface area contributed by atoms with Crippen LogP contribution >= 0.6 is 0 Å². The number of carbonyl (C=O) groups excluding carboxylic acids is 2. The third-order valence-corrected chi connectivity index (χ3v) is 4.34. The quantitative estimate of drug-likeness (QED) is 0.643. The summed E-state index contributed by atoms with van der Waals surface area (Å²) in [6, 6.07) is 12.2. The Labute approximate surface area is 168 Å². The predicted octanol–water partition coefficient (Wildman–Crippen LogP) is 3.11. The molecule has 0 fully saturated rings. The number of aromatic nitrogens is 3. The topological polar surface area (TPSA) is 98.1 Å². The number of nitrogens with zero attached hydrogens (tertiary/aromatic N) is 3. The maximum atomic E-state index is 12.3. The van der Waals surface area contributed by atoms with Gasteiger partial charge in [-0.25, -0.2) is 9.67 Å². The van der Waals surface area contributed by atoms with Crippen LogP contribution in [0, 0.1) is 13.8 Å². The fraction of sp³-hybridized carbons (Fsp3) is 0.238. The summed E-state index contributed by atoms with van der Waals surface area (Å²) in [5.74, 6) is 0.209. The summed E-state index contributed by atoms with van der Waals surface area (Å²) in [6.45, 7) is 5.59. The zero-order valence-corrected chi connectivity index (χ0v) is 16.5. The summed E-state index contributed by atoms with van der Waals surface area (Å²) in [7, 11) is 0. The van der Waals surface area contributed by atoms with Gasteiger partial charge in [0.2, 0.25) is 5.91 Å². The Kier molecular flexibility index (Phi) is 6.23. The molecule has 1 atom stereocenters. The lowest BCUT2D eigenvalue weighted by molar-refractivity contribution is -0.119. The maximum absolute atomic E-state index is 12.3. The van der Waals surface area contributed by atoms with Gasteiger partial charge in [-0.15, -0.1) is 0 Å². The van der Waals surface area contributed by atoms with Crippen molar-refractivity contribution in [3.05, 3.63) is 66.2 Å². The molecule has 2 aromatic carbocycles. The molecule has 0 aliphatic rings. The van der Waals surface area contributed by atoms with E-state index in [4.69, 9.17) is 4.74 Å². The van der Waals surface area contributed by atoms with E-state index in [1.54, 1.807) is 31.2 Å². The highest BCUT2D eigenvalue weighted by molar-refractivity contribution is 5.94. The van der Waals surface area contributed by atoms with E-state index in [2.05, 4.69) is 20.7 Å². The van der Waals surface area contributed by atoms with Crippen molar-refractivity contribution in [2.45, 2.75) is 26.8 Å². The van der Waals surface area contributed by atoms with E-state index in [-0.39, 0.29) is 18.4 Å². The summed E-state index contributed by atoms with van der Waals surface area (Å²) in [5.41, 5.74) is 3.35. The van der Waals surface area contributed by atoms with Gasteiger partial charge < -0.3 is 15.4 Å². The summed E-state index contributed by atoms with van der Waals surface area (Å²) in [4.78, 5) is 28.2. The van der Waals surface area contributed by atoms with Gasteiger partial charge in [0.1, 0.15) is 24.4 Å². The number of ether oxygens (including phenoxy) is 1. The van der Waals surface area contributed by atoms with Gasteiger partial charge in [0, 0.05) is 11.4 Å². The standard InChI is InChI=1S/C21H23N5O3/c1-14-4-9-19(15(2)10-14)29-11-20(27)24-17-5-7-18(8-6-17)25-21(28)16(3)26-13-22-12-23-26/h4-10,12-13,16H,11H2,1-3H3,(H,24,27)(H,25,28). The molecule has 1 unspecified atom stereocenters. The molecule has 0 aliphatic carbocycles. The lowest BCUT2D eigenvalue weighted by atomic mass is 10.1. The summed E-state index contributed by atoms with van der Waals surface area (Å²) in [6.07, 6.45) is 2.87. The largest absolute Gasteiger partial charge is 0.483 e. The van der Waals surface area contributed by atoms with Crippen molar-refractivity contribution in [1.29, 1.82) is 0 Å². The van der Waals surface area contributed by atoms with E-state index in [0.29, 0.717) is 17.1 Å². The molecule has 0 bridgehead atoms. The second-order valence-electron chi connectivity index (χ2n) is 6.72. The molecule has 8 nitrogen and oxygen atoms in total. The number of benzene rings is 2. The third-order valence-electron chi connectivity index (χ3n) is 4.34. The maximum Gasteiger partial charge on any atom is 0.262 e. The van der Waals surface area contributed by atoms with Crippen molar-refractivity contribution in [3.63, 3.8) is 0 Å². The molecule has 1 aromatic heterocycles. The van der Waals surface area contributed by atoms with Crippen LogP contribution in [-0.4, -0.2) is 33.2 Å². The van der Waals surface area contributed by atoms with Gasteiger partial charge in [-0.1, -0.05) is 17.7 Å². The van der Waals surface area contributed by atoms with E-state index < -0.39 is 6.04 Å². The van der Waals surface area contributed by atoms with Crippen LogP contribution in [0.3, 0.4) is 0 Å². The molecular weight excluding hydrogens is 370 g/mol. The number of hydrogen-bond acceptors (Lipinski definition) is 5. The number of amides is 2. The number of hydrogen-bond donors (Lipinski definition) is 2. The van der Waals surface area contributed by atoms with Gasteiger partial charge in [-0.05, 0) is 56.7 Å². The predicted molar refractivity (Wildman–Crippen MR) is 110 cm³/mol. The Morgan fingerprint density at radius 3 is 2.38 bits per heavy atom. The van der Waals surface area contributed by atoms with Crippen LogP contribution < -0.4 is 15.4 Å². The second kappa shape index (κ2) is 9.01. The highest BCUT2D eigenvalue weighted by Gasteiger charge is 2.15. The van der Waals surface area contributed by atoms with Crippen molar-refractivity contribution in [3.8, 4) is 5.75 Å². The number of anilines is 2. The van der Waals surface area contributed by atoms with E-state index >= 15 is 0 Å². The Balaban J connectivity index is 1.50. The fourth-order valence-corrected chi connectivity index (χ4v) is 2.72. The molecule has 29 heavy (non-hydrogen) atoms. The average molecular weight is 393 g/mol. The first-order valence-electron chi connectivity index (χ1n) is 9.17. The minimum atomic E-state index is -0.487. The minimum absolute atomic E-state index is 0.0855. The smallest absolute Gasteiger partial charge is 0.262 e. The molecule has 1 heterocycles. The van der Waals surface area contributed by atoms with Crippen molar-refractivity contribution >= 4 is 23.2 Å². The summed E-state index contributed by atoms with van der Waals surface area (Å²) in [5, 5.41) is 9.53. The molecule has 150 valence electrons. The lowest BCUT2D eigenvalue weighted by Gasteiger charge is -2.13. The number of carbonyl (C=O) groups is 2. The van der Waals surface area contributed by atoms with Gasteiger partial charge in [0.05, 0.1) is 0 Å². The zero-order chi connectivity index (χ0) is 20.8. The molecule has 0 saturated heterocycles. The van der Waals surface area contributed by atoms with Crippen LogP contribution in [0.5, 0.6) is 5.75 Å². The Morgan fingerprint density at radius 2 is 1.76 bits per heavy atom. The van der Waals surface area contributed by atoms with Gasteiger partial charge in [0.15, 0.2) is 6.61 Å². The minimum Gasteiger partial charge on any atom is -0.483 e. The summed E-state index contributed by atoms with van der Waals surface area (Å²) >= 11 is 0. The molecule has 8 heteroatoms. The first kappa shape index (κ1) is 20.1. The molecular formula is C21H23N5O3. The zero-order valence-electron chi connectivity index (χ0n) is 16.5. The Morgan fingerprint density at radius 1 is 1.07 bits per heavy atom. The summed E-state index contributed by atoms with van der Waals surface area (Å²) < 4.78 is 7.05. The molecule has 0 saturated carbocycles. The number of nitrogens with one attached hydrogen (secondary N) is 2. The number of aryl methyl sites for hydroxylation is 2. The molecule has 3 rings (SSSR count). The Bertz CT molecular complexity index is 984. The fourth-order valence-electron chi connectivity index (χ4n) is 2.72. The van der Waals surface area contributed by atoms with Gasteiger partial charge >= 0.3 is 0 Å². The monoisotopic (exact) mass is 393 g/mol. The van der Waals surface area contributed by atoms with Gasteiger partial charge in [0.25, 0.3) is 5.91 Å². The van der Waals surface area contributed by atoms with Crippen molar-refractivity contribution < 1.29 is 14.3 Å². The van der Waals surface area contributed by atoms with Crippen LogP contribution in [0.25, 0.3) is 0 Å². The molecule has 3 aromatic rings. The Hall–Kier alpha value is -3.68. The van der Waals surface area contributed by atoms with Crippen LogP contribution in [0.4, 0.5) is 11.4 Å². The molecule has 0 radical (unpaired) electrons. The van der Waals surface area contributed by atoms with Crippen molar-refractivity contribution in [1.82, 2.24) is 14.8 Å². The van der Waals surface area contributed by atoms with Crippen molar-refractivity contribution in [2.24, 2.45) is 0 Å². The molecule has 2 N–H and O–H groups in total. The van der Waals surface area contributed by atoms with Crippen molar-refractivity contribution in [2.75, 3.05) is 17.2 Å². The van der Waals surface area contributed by atoms with E-state index in [9.17, 15) is 9.59 Å². The van der Waals surface area contributed by atoms with Gasteiger partial charge in [-0.2, -0.15) is 5.10 Å². The van der Waals surface area contributed by atoms with Crippen LogP contribution in [0.1, 0.15) is 24.1 Å². The van der Waals surface area contributed by atoms with Crippen LogP contribution in [0.2, 0.25) is 0 Å². The first-order valence-corrected chi connectivity index (χ1v) is 9.17. The highest BCUT2D eigenvalue weighted by Crippen LogP contribution is 2.19. The first-order chi connectivity index (χ1) is 13.9. The van der Waals surface area contributed by atoms with Gasteiger partial charge in [-0.3, -0.25) is 9.59 Å². The normalized spacial score (nSPS) is 11.6. The SMILES string of the molecule is Cc1ccc(OCC(=O)Nc2ccc(NC(=O)C(C)n3cncn3)cc2)c(C)c1. The lowest BCUT2D eigenvalue weighted by Crippen LogP contribution is -2.24. The van der Waals surface area contributed by atoms with Crippen LogP contribution in [-0.2, 0) is 9.59 Å².